The van der Waals surface area contributed by atoms with Crippen LogP contribution in [-0.4, -0.2) is 56.6 Å². The summed E-state index contributed by atoms with van der Waals surface area (Å²) in [5.74, 6) is -0.0115. The highest BCUT2D eigenvalue weighted by Crippen LogP contribution is 2.44. The Balaban J connectivity index is 1.49. The van der Waals surface area contributed by atoms with E-state index < -0.39 is 0 Å². The van der Waals surface area contributed by atoms with Crippen molar-refractivity contribution in [2.75, 3.05) is 31.1 Å². The molecule has 0 aliphatic carbocycles. The average Bonchev–Trinajstić information content (AvgIpc) is 3.55. The van der Waals surface area contributed by atoms with Crippen molar-refractivity contribution in [3.8, 4) is 17.2 Å². The highest BCUT2D eigenvalue weighted by atomic mass is 16.2. The van der Waals surface area contributed by atoms with Crippen molar-refractivity contribution in [3.05, 3.63) is 60.7 Å². The van der Waals surface area contributed by atoms with Gasteiger partial charge in [-0.1, -0.05) is 12.6 Å². The van der Waals surface area contributed by atoms with Crippen LogP contribution in [-0.2, 0) is 4.79 Å². The number of pyridine rings is 1. The first-order valence-corrected chi connectivity index (χ1v) is 11.0. The molecule has 2 aliphatic heterocycles. The fraction of sp³-hybridized carbons (Fsp3) is 0.280. The Bertz CT molecular complexity index is 1480. The fourth-order valence-electron chi connectivity index (χ4n) is 5.54. The maximum atomic E-state index is 12.0. The summed E-state index contributed by atoms with van der Waals surface area (Å²) in [4.78, 5) is 20.7. The summed E-state index contributed by atoms with van der Waals surface area (Å²) in [6.07, 6.45) is 9.89. The molecule has 8 nitrogen and oxygen atoms in total. The predicted molar refractivity (Wildman–Crippen MR) is 126 cm³/mol. The summed E-state index contributed by atoms with van der Waals surface area (Å²) < 4.78 is 2.00. The molecule has 33 heavy (non-hydrogen) atoms. The van der Waals surface area contributed by atoms with Crippen LogP contribution in [0.2, 0.25) is 0 Å². The Labute approximate surface area is 190 Å². The number of aromatic amines is 1. The zero-order chi connectivity index (χ0) is 22.7. The molecule has 8 heteroatoms. The first kappa shape index (κ1) is 19.6. The average molecular weight is 438 g/mol. The van der Waals surface area contributed by atoms with Crippen LogP contribution >= 0.6 is 0 Å². The molecule has 1 spiro atoms. The number of imidazole rings is 1. The third-order valence-electron chi connectivity index (χ3n) is 7.17. The van der Waals surface area contributed by atoms with E-state index in [1.54, 1.807) is 6.20 Å². The monoisotopic (exact) mass is 437 g/mol. The minimum Gasteiger partial charge on any atom is -0.369 e. The Hall–Kier alpha value is -4.12. The molecule has 2 saturated heterocycles. The Morgan fingerprint density at radius 1 is 1.30 bits per heavy atom. The second-order valence-corrected chi connectivity index (χ2v) is 9.19. The Morgan fingerprint density at radius 2 is 2.15 bits per heavy atom. The largest absolute Gasteiger partial charge is 0.369 e. The summed E-state index contributed by atoms with van der Waals surface area (Å²) in [7, 11) is 0. The van der Waals surface area contributed by atoms with Crippen molar-refractivity contribution in [2.24, 2.45) is 5.41 Å². The molecule has 3 aromatic heterocycles. The number of nitriles is 1. The number of nitrogens with zero attached hydrogens (tertiary/aromatic N) is 6. The van der Waals surface area contributed by atoms with Crippen molar-refractivity contribution in [1.29, 1.82) is 5.26 Å². The quantitative estimate of drug-likeness (QED) is 0.497. The molecular formula is C25H23N7O. The van der Waals surface area contributed by atoms with E-state index in [4.69, 9.17) is 0 Å². The first-order valence-electron chi connectivity index (χ1n) is 11.0. The van der Waals surface area contributed by atoms with Crippen molar-refractivity contribution in [1.82, 2.24) is 24.5 Å². The normalized spacial score (nSPS) is 17.0. The molecular weight excluding hydrogens is 414 g/mol. The molecule has 2 fully saturated rings. The molecule has 4 aromatic rings. The molecule has 0 saturated carbocycles. The van der Waals surface area contributed by atoms with Crippen LogP contribution in [0, 0.1) is 23.7 Å². The number of carbonyl (C=O) groups is 1. The van der Waals surface area contributed by atoms with E-state index in [1.807, 2.05) is 40.0 Å². The molecule has 164 valence electrons. The van der Waals surface area contributed by atoms with Crippen molar-refractivity contribution in [3.63, 3.8) is 0 Å². The minimum absolute atomic E-state index is 0.0115. The second-order valence-electron chi connectivity index (χ2n) is 9.19. The summed E-state index contributed by atoms with van der Waals surface area (Å²) in [6.45, 7) is 8.80. The Morgan fingerprint density at radius 3 is 2.94 bits per heavy atom. The van der Waals surface area contributed by atoms with Gasteiger partial charge in [-0.15, -0.1) is 0 Å². The number of benzene rings is 1. The van der Waals surface area contributed by atoms with E-state index in [-0.39, 0.29) is 11.3 Å². The van der Waals surface area contributed by atoms with E-state index in [0.717, 1.165) is 71.5 Å². The van der Waals surface area contributed by atoms with Crippen molar-refractivity contribution < 1.29 is 4.79 Å². The molecule has 1 N–H and O–H groups in total. The van der Waals surface area contributed by atoms with E-state index >= 15 is 0 Å². The second kappa shape index (κ2) is 6.94. The zero-order valence-corrected chi connectivity index (χ0v) is 18.4. The zero-order valence-electron chi connectivity index (χ0n) is 18.4. The number of fused-ring (bicyclic) bond motifs is 2. The standard InChI is InChI=1S/C25H23N7O/c1-3-21(33)32-14-25(15-32)6-8-31(13-25)20-12-30-9-7-27-24(30)23(17(20)10-26)22-16(2)4-5-19-18(22)11-28-29-19/h3-5,7,9,11-12H,1,6,8,13-15H2,2H3,(H,28,29). The molecule has 2 aliphatic rings. The number of aryl methyl sites for hydroxylation is 1. The van der Waals surface area contributed by atoms with Gasteiger partial charge in [0.1, 0.15) is 11.7 Å². The number of aromatic nitrogens is 4. The van der Waals surface area contributed by atoms with Gasteiger partial charge >= 0.3 is 0 Å². The van der Waals surface area contributed by atoms with Gasteiger partial charge in [-0.05, 0) is 31.1 Å². The first-order chi connectivity index (χ1) is 16.0. The number of carbonyl (C=O) groups excluding carboxylic acids is 1. The van der Waals surface area contributed by atoms with Crippen LogP contribution < -0.4 is 4.90 Å². The van der Waals surface area contributed by atoms with Gasteiger partial charge in [-0.25, -0.2) is 4.98 Å². The fourth-order valence-corrected chi connectivity index (χ4v) is 5.54. The summed E-state index contributed by atoms with van der Waals surface area (Å²) in [5, 5.41) is 18.6. The van der Waals surface area contributed by atoms with Gasteiger partial charge in [-0.2, -0.15) is 10.4 Å². The van der Waals surface area contributed by atoms with Crippen LogP contribution in [0.1, 0.15) is 17.5 Å². The number of amides is 1. The summed E-state index contributed by atoms with van der Waals surface area (Å²) in [6, 6.07) is 6.56. The van der Waals surface area contributed by atoms with Gasteiger partial charge in [0.25, 0.3) is 0 Å². The van der Waals surface area contributed by atoms with Gasteiger partial charge in [0.05, 0.1) is 23.0 Å². The van der Waals surface area contributed by atoms with Crippen LogP contribution in [0.3, 0.4) is 0 Å². The molecule has 5 heterocycles. The number of hydrogen-bond donors (Lipinski definition) is 1. The minimum atomic E-state index is -0.0115. The van der Waals surface area contributed by atoms with Crippen molar-refractivity contribution >= 4 is 28.1 Å². The SMILES string of the molecule is C=CC(=O)N1CC2(CCN(c3cn4ccnc4c(-c4c(C)ccc5[nH]ncc45)c3C#N)C2)C1. The van der Waals surface area contributed by atoms with E-state index in [1.165, 1.54) is 6.08 Å². The third-order valence-corrected chi connectivity index (χ3v) is 7.17. The highest BCUT2D eigenvalue weighted by Gasteiger charge is 2.49. The number of H-pyrrole nitrogens is 1. The van der Waals surface area contributed by atoms with Gasteiger partial charge in [0, 0.05) is 66.7 Å². The summed E-state index contributed by atoms with van der Waals surface area (Å²) >= 11 is 0. The topological polar surface area (TPSA) is 93.3 Å². The number of nitrogens with one attached hydrogen (secondary N) is 1. The van der Waals surface area contributed by atoms with Crippen LogP contribution in [0.5, 0.6) is 0 Å². The van der Waals surface area contributed by atoms with E-state index in [2.05, 4.69) is 39.7 Å². The Kier molecular flexibility index (Phi) is 4.11. The lowest BCUT2D eigenvalue weighted by atomic mass is 9.79. The molecule has 1 aromatic carbocycles. The molecule has 0 unspecified atom stereocenters. The summed E-state index contributed by atoms with van der Waals surface area (Å²) in [5.41, 5.74) is 6.18. The smallest absolute Gasteiger partial charge is 0.245 e. The van der Waals surface area contributed by atoms with E-state index in [9.17, 15) is 10.1 Å². The predicted octanol–water partition coefficient (Wildman–Crippen LogP) is 3.28. The van der Waals surface area contributed by atoms with Gasteiger partial charge < -0.3 is 14.2 Å². The van der Waals surface area contributed by atoms with Crippen LogP contribution in [0.15, 0.2) is 49.6 Å². The number of anilines is 1. The number of rotatable bonds is 3. The molecule has 1 amide bonds. The van der Waals surface area contributed by atoms with Crippen LogP contribution in [0.4, 0.5) is 5.69 Å². The van der Waals surface area contributed by atoms with Gasteiger partial charge in [0.15, 0.2) is 0 Å². The molecule has 0 atom stereocenters. The molecule has 0 radical (unpaired) electrons. The maximum absolute atomic E-state index is 12.0. The van der Waals surface area contributed by atoms with Crippen LogP contribution in [0.25, 0.3) is 27.7 Å². The highest BCUT2D eigenvalue weighted by molar-refractivity contribution is 6.02. The number of likely N-dealkylation sites (tertiary alicyclic amines) is 1. The lowest BCUT2D eigenvalue weighted by Crippen LogP contribution is -2.59. The van der Waals surface area contributed by atoms with Crippen molar-refractivity contribution in [2.45, 2.75) is 13.3 Å². The van der Waals surface area contributed by atoms with E-state index in [0.29, 0.717) is 5.56 Å². The lowest BCUT2D eigenvalue weighted by Gasteiger charge is -2.47. The molecule has 0 bridgehead atoms. The van der Waals surface area contributed by atoms with Gasteiger partial charge in [-0.3, -0.25) is 9.89 Å². The number of hydrogen-bond acceptors (Lipinski definition) is 5. The lowest BCUT2D eigenvalue weighted by molar-refractivity contribution is -0.136. The van der Waals surface area contributed by atoms with Gasteiger partial charge in [0.2, 0.25) is 5.91 Å². The molecule has 6 rings (SSSR count). The maximum Gasteiger partial charge on any atom is 0.245 e. The third kappa shape index (κ3) is 2.79.